The highest BCUT2D eigenvalue weighted by Gasteiger charge is 2.21. The van der Waals surface area contributed by atoms with Crippen molar-refractivity contribution in [1.29, 1.82) is 0 Å². The molecule has 0 saturated heterocycles. The molecule has 0 atom stereocenters. The summed E-state index contributed by atoms with van der Waals surface area (Å²) in [4.78, 5) is 14.0. The lowest BCUT2D eigenvalue weighted by Gasteiger charge is -2.11. The summed E-state index contributed by atoms with van der Waals surface area (Å²) >= 11 is 3.34. The van der Waals surface area contributed by atoms with Gasteiger partial charge in [0.15, 0.2) is 17.5 Å². The molecule has 6 heteroatoms. The van der Waals surface area contributed by atoms with Crippen LogP contribution in [0.15, 0.2) is 180 Å². The molecule has 0 unspecified atom stereocenters. The van der Waals surface area contributed by atoms with E-state index in [1.165, 1.54) is 4.70 Å². The third-order valence-corrected chi connectivity index (χ3v) is 12.8. The monoisotopic (exact) mass is 773 g/mol. The van der Waals surface area contributed by atoms with Crippen molar-refractivity contribution in [1.82, 2.24) is 15.0 Å². The molecule has 0 spiro atoms. The number of nitrogens with zero attached hydrogens (tertiary/aromatic N) is 3. The summed E-state index contributed by atoms with van der Waals surface area (Å²) < 4.78 is 96.1. The van der Waals surface area contributed by atoms with Crippen LogP contribution < -0.4 is 0 Å². The summed E-state index contributed by atoms with van der Waals surface area (Å²) in [6.45, 7) is 0. The van der Waals surface area contributed by atoms with Crippen molar-refractivity contribution in [2.24, 2.45) is 0 Å². The Morgan fingerprint density at radius 2 is 1.00 bits per heavy atom. The Kier molecular flexibility index (Phi) is 5.34. The first kappa shape index (κ1) is 23.8. The number of thiophene rings is 2. The normalized spacial score (nSPS) is 14.3. The number of hydrogen-bond acceptors (Lipinski definition) is 6. The van der Waals surface area contributed by atoms with E-state index < -0.39 is 60.4 Å². The Morgan fingerprint density at radius 1 is 0.421 bits per heavy atom. The summed E-state index contributed by atoms with van der Waals surface area (Å²) in [5, 5.41) is 5.99. The number of rotatable bonds is 5. The number of aromatic nitrogens is 3. The van der Waals surface area contributed by atoms with Crippen molar-refractivity contribution < 1.29 is 18.1 Å². The molecule has 12 rings (SSSR count). The second kappa shape index (κ2) is 12.8. The van der Waals surface area contributed by atoms with Gasteiger partial charge in [-0.25, -0.2) is 15.0 Å². The molecule has 57 heavy (non-hydrogen) atoms. The van der Waals surface area contributed by atoms with Gasteiger partial charge in [-0.15, -0.1) is 22.7 Å². The minimum atomic E-state index is -0.605. The molecule has 266 valence electrons. The molecule has 4 aromatic heterocycles. The van der Waals surface area contributed by atoms with Crippen LogP contribution in [0.5, 0.6) is 0 Å². The Labute approximate surface area is 349 Å². The number of fused-ring (bicyclic) bond motifs is 9. The van der Waals surface area contributed by atoms with Crippen molar-refractivity contribution in [3.63, 3.8) is 0 Å². The SMILES string of the molecule is [2H]c1c([2H])c([2H])c(-c2nc(-c3c([2H])c([2H])c([2H])c([2H])c3[2H])nc(-c3cccc4sc5c(-c6cc(-c7cccc8c7oc7ccccc78)c7sc8ccccc8c7c6)cccc5c34)n2)c([2H])c1[2H]. The predicted molar refractivity (Wildman–Crippen MR) is 240 cm³/mol. The molecule has 0 aliphatic carbocycles. The second-order valence-electron chi connectivity index (χ2n) is 13.5. The highest BCUT2D eigenvalue weighted by Crippen LogP contribution is 2.48. The van der Waals surface area contributed by atoms with Crippen LogP contribution >= 0.6 is 22.7 Å². The molecular weight excluding hydrogens is 735 g/mol. The first-order chi connectivity index (χ1) is 32.4. The zero-order valence-corrected chi connectivity index (χ0v) is 31.2. The van der Waals surface area contributed by atoms with Crippen LogP contribution in [0.25, 0.3) is 119 Å². The van der Waals surface area contributed by atoms with Gasteiger partial charge in [-0.3, -0.25) is 0 Å². The van der Waals surface area contributed by atoms with E-state index in [1.54, 1.807) is 22.7 Å². The van der Waals surface area contributed by atoms with Crippen LogP contribution in [0.4, 0.5) is 0 Å². The average molecular weight is 774 g/mol. The smallest absolute Gasteiger partial charge is 0.164 e. The molecule has 0 N–H and O–H groups in total. The van der Waals surface area contributed by atoms with E-state index in [4.69, 9.17) is 28.1 Å². The fourth-order valence-corrected chi connectivity index (χ4v) is 10.3. The van der Waals surface area contributed by atoms with Gasteiger partial charge >= 0.3 is 0 Å². The topological polar surface area (TPSA) is 51.8 Å². The number of hydrogen-bond donors (Lipinski definition) is 0. The van der Waals surface area contributed by atoms with Gasteiger partial charge in [-0.2, -0.15) is 0 Å². The molecule has 0 bridgehead atoms. The largest absolute Gasteiger partial charge is 0.455 e. The Bertz CT molecular complexity index is 4000. The molecule has 0 aliphatic rings. The maximum Gasteiger partial charge on any atom is 0.164 e. The molecule has 8 aromatic carbocycles. The lowest BCUT2D eigenvalue weighted by Crippen LogP contribution is -2.00. The van der Waals surface area contributed by atoms with Gasteiger partial charge in [0, 0.05) is 78.9 Å². The Hall–Kier alpha value is -6.99. The van der Waals surface area contributed by atoms with Crippen molar-refractivity contribution in [3.05, 3.63) is 176 Å². The molecule has 0 saturated carbocycles. The molecule has 4 heterocycles. The van der Waals surface area contributed by atoms with Crippen LogP contribution in [-0.4, -0.2) is 15.0 Å². The second-order valence-corrected chi connectivity index (χ2v) is 15.7. The van der Waals surface area contributed by atoms with Crippen molar-refractivity contribution >= 4 is 85.0 Å². The zero-order chi connectivity index (χ0) is 46.2. The zero-order valence-electron chi connectivity index (χ0n) is 39.5. The summed E-state index contributed by atoms with van der Waals surface area (Å²) in [7, 11) is 0. The van der Waals surface area contributed by atoms with Gasteiger partial charge in [-0.05, 0) is 41.5 Å². The van der Waals surface area contributed by atoms with E-state index >= 15 is 0 Å². The first-order valence-electron chi connectivity index (χ1n) is 23.1. The highest BCUT2D eigenvalue weighted by atomic mass is 32.1. The summed E-state index contributed by atoms with van der Waals surface area (Å²) in [6, 6.07) is 33.2. The van der Waals surface area contributed by atoms with Crippen LogP contribution in [0.2, 0.25) is 0 Å². The molecule has 0 radical (unpaired) electrons. The van der Waals surface area contributed by atoms with Crippen molar-refractivity contribution in [2.45, 2.75) is 0 Å². The quantitative estimate of drug-likeness (QED) is 0.175. The number of benzene rings is 8. The standard InChI is InChI=1S/C51H29N3OS2/c1-3-14-30(15-4-1)49-52-50(31-16-5-2-6-17-31)54-51(53-49)39-24-13-27-44-45(39)38-23-11-20-33(47(38)57-44)32-28-40-35-19-8-10-26-43(35)56-48(40)41(29-32)37-22-12-21-36-34-18-7-9-25-42(34)55-46(36)37/h1-29H/i1D,2D,3D,4D,5D,6D,14D,15D,16D,17D. The average Bonchev–Trinajstić information content (AvgIpc) is 4.05. The fraction of sp³-hybridized carbons (Fsp3) is 0. The van der Waals surface area contributed by atoms with Crippen LogP contribution in [0.1, 0.15) is 13.7 Å². The molecule has 0 aliphatic heterocycles. The van der Waals surface area contributed by atoms with E-state index in [0.717, 1.165) is 79.8 Å². The van der Waals surface area contributed by atoms with E-state index in [9.17, 15) is 0 Å². The predicted octanol–water partition coefficient (Wildman–Crippen LogP) is 14.8. The Morgan fingerprint density at radius 3 is 1.79 bits per heavy atom. The molecule has 4 nitrogen and oxygen atoms in total. The maximum atomic E-state index is 8.81. The first-order valence-corrected chi connectivity index (χ1v) is 19.7. The van der Waals surface area contributed by atoms with Gasteiger partial charge < -0.3 is 4.42 Å². The van der Waals surface area contributed by atoms with Crippen LogP contribution in [-0.2, 0) is 0 Å². The molecule has 12 aromatic rings. The minimum absolute atomic E-state index is 0.0155. The van der Waals surface area contributed by atoms with Gasteiger partial charge in [0.05, 0.1) is 13.7 Å². The number of para-hydroxylation sites is 2. The molecular formula is C51H29N3OS2. The van der Waals surface area contributed by atoms with Crippen molar-refractivity contribution in [3.8, 4) is 56.4 Å². The summed E-state index contributed by atoms with van der Waals surface area (Å²) in [5.74, 6) is -0.615. The highest BCUT2D eigenvalue weighted by molar-refractivity contribution is 7.27. The number of furan rings is 1. The van der Waals surface area contributed by atoms with E-state index in [2.05, 4.69) is 71.7 Å². The van der Waals surface area contributed by atoms with Crippen molar-refractivity contribution in [2.75, 3.05) is 0 Å². The summed E-state index contributed by atoms with van der Waals surface area (Å²) in [6.07, 6.45) is 0. The van der Waals surface area contributed by atoms with Gasteiger partial charge in [-0.1, -0.05) is 145 Å². The van der Waals surface area contributed by atoms with Crippen LogP contribution in [0.3, 0.4) is 0 Å². The van der Waals surface area contributed by atoms with E-state index in [0.29, 0.717) is 5.56 Å². The summed E-state index contributed by atoms with van der Waals surface area (Å²) in [5.41, 5.74) is 5.49. The Balaban J connectivity index is 1.12. The van der Waals surface area contributed by atoms with Gasteiger partial charge in [0.25, 0.3) is 0 Å². The van der Waals surface area contributed by atoms with E-state index in [1.807, 2.05) is 48.5 Å². The third-order valence-electron chi connectivity index (χ3n) is 10.3. The lowest BCUT2D eigenvalue weighted by atomic mass is 9.94. The lowest BCUT2D eigenvalue weighted by molar-refractivity contribution is 0.670. The molecule has 0 amide bonds. The fourth-order valence-electron chi connectivity index (χ4n) is 7.85. The molecule has 0 fully saturated rings. The minimum Gasteiger partial charge on any atom is -0.455 e. The van der Waals surface area contributed by atoms with E-state index in [-0.39, 0.29) is 28.6 Å². The van der Waals surface area contributed by atoms with Gasteiger partial charge in [0.1, 0.15) is 11.2 Å². The van der Waals surface area contributed by atoms with Gasteiger partial charge in [0.2, 0.25) is 0 Å². The third kappa shape index (κ3) is 5.15. The maximum absolute atomic E-state index is 8.81. The van der Waals surface area contributed by atoms with Crippen LogP contribution in [0, 0.1) is 0 Å².